The maximum atomic E-state index is 13.2. The Kier molecular flexibility index (Phi) is 7.64. The van der Waals surface area contributed by atoms with Crippen LogP contribution in [0.25, 0.3) is 0 Å². The highest BCUT2D eigenvalue weighted by Gasteiger charge is 2.25. The van der Waals surface area contributed by atoms with Crippen LogP contribution in [0.15, 0.2) is 65.8 Å². The summed E-state index contributed by atoms with van der Waals surface area (Å²) in [6.45, 7) is 3.80. The van der Waals surface area contributed by atoms with Gasteiger partial charge in [0.05, 0.1) is 29.8 Å². The molecule has 10 heteroatoms. The van der Waals surface area contributed by atoms with Crippen molar-refractivity contribution in [3.8, 4) is 5.75 Å². The normalized spacial score (nSPS) is 11.2. The van der Waals surface area contributed by atoms with Crippen molar-refractivity contribution in [2.24, 2.45) is 0 Å². The van der Waals surface area contributed by atoms with Gasteiger partial charge in [0.15, 0.2) is 0 Å². The predicted octanol–water partition coefficient (Wildman–Crippen LogP) is 2.98. The van der Waals surface area contributed by atoms with E-state index in [4.69, 9.17) is 4.74 Å². The maximum Gasteiger partial charge on any atom is 0.276 e. The quantitative estimate of drug-likeness (QED) is 0.325. The number of carbonyl (C=O) groups excluding carboxylic acids is 1. The Labute approximate surface area is 193 Å². The maximum absolute atomic E-state index is 13.2. The number of ether oxygens (including phenoxy) is 1. The Morgan fingerprint density at radius 3 is 2.45 bits per heavy atom. The van der Waals surface area contributed by atoms with Crippen LogP contribution < -0.4 is 20.1 Å². The summed E-state index contributed by atoms with van der Waals surface area (Å²) < 4.78 is 31.6. The first-order chi connectivity index (χ1) is 15.8. The minimum Gasteiger partial charge on any atom is -0.497 e. The molecule has 0 saturated carbocycles. The zero-order valence-electron chi connectivity index (χ0n) is 18.6. The SMILES string of the molecule is CCc1cc(C)c(N(Cc2cccnc2)NS(=O)(=O)c2ccc(OC)cc2)c(C(=O)NO)c1. The third kappa shape index (κ3) is 5.67. The van der Waals surface area contributed by atoms with E-state index in [1.54, 1.807) is 55.1 Å². The minimum absolute atomic E-state index is 0.0236. The van der Waals surface area contributed by atoms with Gasteiger partial charge in [-0.1, -0.05) is 19.1 Å². The van der Waals surface area contributed by atoms with E-state index in [2.05, 4.69) is 9.82 Å². The molecule has 0 saturated heterocycles. The summed E-state index contributed by atoms with van der Waals surface area (Å²) in [5, 5.41) is 10.7. The molecule has 0 spiro atoms. The molecule has 2 aromatic carbocycles. The van der Waals surface area contributed by atoms with Gasteiger partial charge in [-0.25, -0.2) is 13.9 Å². The summed E-state index contributed by atoms with van der Waals surface area (Å²) in [6, 6.07) is 13.0. The van der Waals surface area contributed by atoms with Gasteiger partial charge in [-0.3, -0.25) is 20.0 Å². The number of rotatable bonds is 9. The highest BCUT2D eigenvalue weighted by atomic mass is 32.2. The number of hydroxylamine groups is 1. The molecule has 174 valence electrons. The van der Waals surface area contributed by atoms with Crippen LogP contribution in [0.2, 0.25) is 0 Å². The van der Waals surface area contributed by atoms with E-state index in [1.807, 2.05) is 13.0 Å². The van der Waals surface area contributed by atoms with Crippen LogP contribution in [-0.2, 0) is 23.0 Å². The number of nitrogens with zero attached hydrogens (tertiary/aromatic N) is 2. The van der Waals surface area contributed by atoms with E-state index in [9.17, 15) is 18.4 Å². The highest BCUT2D eigenvalue weighted by Crippen LogP contribution is 2.29. The molecule has 3 rings (SSSR count). The van der Waals surface area contributed by atoms with Crippen molar-refractivity contribution in [3.05, 3.63) is 83.2 Å². The number of hydrogen-bond donors (Lipinski definition) is 3. The lowest BCUT2D eigenvalue weighted by Crippen LogP contribution is -2.43. The minimum atomic E-state index is -4.03. The summed E-state index contributed by atoms with van der Waals surface area (Å²) >= 11 is 0. The van der Waals surface area contributed by atoms with Gasteiger partial charge in [-0.2, -0.15) is 0 Å². The summed E-state index contributed by atoms with van der Waals surface area (Å²) in [7, 11) is -2.53. The van der Waals surface area contributed by atoms with Crippen LogP contribution in [0, 0.1) is 6.92 Å². The molecule has 9 nitrogen and oxygen atoms in total. The number of aromatic nitrogens is 1. The third-order valence-electron chi connectivity index (χ3n) is 5.05. The molecule has 1 heterocycles. The molecule has 33 heavy (non-hydrogen) atoms. The number of carbonyl (C=O) groups is 1. The molecule has 0 unspecified atom stereocenters. The van der Waals surface area contributed by atoms with Gasteiger partial charge in [-0.05, 0) is 66.4 Å². The number of methoxy groups -OCH3 is 1. The predicted molar refractivity (Wildman–Crippen MR) is 124 cm³/mol. The Morgan fingerprint density at radius 1 is 1.15 bits per heavy atom. The van der Waals surface area contributed by atoms with Gasteiger partial charge in [0.2, 0.25) is 0 Å². The first kappa shape index (κ1) is 24.2. The molecule has 0 atom stereocenters. The van der Waals surface area contributed by atoms with E-state index < -0.39 is 15.9 Å². The molecule has 0 radical (unpaired) electrons. The van der Waals surface area contributed by atoms with Crippen LogP contribution in [0.3, 0.4) is 0 Å². The zero-order valence-corrected chi connectivity index (χ0v) is 19.4. The fourth-order valence-electron chi connectivity index (χ4n) is 3.43. The average molecular weight is 471 g/mol. The summed E-state index contributed by atoms with van der Waals surface area (Å²) in [4.78, 5) is 19.2. The molecule has 0 aliphatic carbocycles. The van der Waals surface area contributed by atoms with E-state index in [0.717, 1.165) is 5.56 Å². The monoisotopic (exact) mass is 470 g/mol. The number of nitrogens with one attached hydrogen (secondary N) is 2. The van der Waals surface area contributed by atoms with Gasteiger partial charge < -0.3 is 4.74 Å². The van der Waals surface area contributed by atoms with Crippen LogP contribution >= 0.6 is 0 Å². The van der Waals surface area contributed by atoms with Crippen LogP contribution in [-0.4, -0.2) is 31.6 Å². The fourth-order valence-corrected chi connectivity index (χ4v) is 4.48. The first-order valence-corrected chi connectivity index (χ1v) is 11.7. The number of sulfonamides is 1. The van der Waals surface area contributed by atoms with E-state index in [1.165, 1.54) is 24.3 Å². The summed E-state index contributed by atoms with van der Waals surface area (Å²) in [5.41, 5.74) is 4.35. The molecule has 0 bridgehead atoms. The molecule has 1 aromatic heterocycles. The Hall–Kier alpha value is -3.47. The smallest absolute Gasteiger partial charge is 0.276 e. The second-order valence-corrected chi connectivity index (χ2v) is 8.98. The second kappa shape index (κ2) is 10.4. The third-order valence-corrected chi connectivity index (χ3v) is 6.40. The van der Waals surface area contributed by atoms with E-state index in [-0.39, 0.29) is 17.0 Å². The van der Waals surface area contributed by atoms with Gasteiger partial charge in [0.1, 0.15) is 5.75 Å². The van der Waals surface area contributed by atoms with Crippen LogP contribution in [0.4, 0.5) is 5.69 Å². The number of hydrogen-bond acceptors (Lipinski definition) is 7. The number of aryl methyl sites for hydroxylation is 2. The lowest BCUT2D eigenvalue weighted by molar-refractivity contribution is 0.0706. The number of amides is 1. The summed E-state index contributed by atoms with van der Waals surface area (Å²) in [5.74, 6) is -0.225. The largest absolute Gasteiger partial charge is 0.497 e. The van der Waals surface area contributed by atoms with Crippen LogP contribution in [0.5, 0.6) is 5.75 Å². The molecule has 1 amide bonds. The van der Waals surface area contributed by atoms with Crippen molar-refractivity contribution >= 4 is 21.6 Å². The van der Waals surface area contributed by atoms with Crippen molar-refractivity contribution in [2.75, 3.05) is 12.1 Å². The van der Waals surface area contributed by atoms with Gasteiger partial charge >= 0.3 is 0 Å². The topological polar surface area (TPSA) is 121 Å². The van der Waals surface area contributed by atoms with Crippen LogP contribution in [0.1, 0.15) is 34.0 Å². The second-order valence-electron chi connectivity index (χ2n) is 7.32. The standard InChI is InChI=1S/C23H26N4O5S/c1-4-17-12-16(2)22(21(13-17)23(28)25-29)27(15-18-6-5-11-24-14-18)26-33(30,31)20-9-7-19(32-3)8-10-20/h5-14,26,29H,4,15H2,1-3H3,(H,25,28). The Bertz CT molecular complexity index is 1220. The number of benzene rings is 2. The van der Waals surface area contributed by atoms with Crippen molar-refractivity contribution in [3.63, 3.8) is 0 Å². The molecule has 3 aromatic rings. The average Bonchev–Trinajstić information content (AvgIpc) is 2.83. The Morgan fingerprint density at radius 2 is 1.88 bits per heavy atom. The van der Waals surface area contributed by atoms with E-state index >= 15 is 0 Å². The zero-order chi connectivity index (χ0) is 24.0. The van der Waals surface area contributed by atoms with Gasteiger partial charge in [0, 0.05) is 12.4 Å². The lowest BCUT2D eigenvalue weighted by atomic mass is 10.0. The number of hydrazine groups is 1. The molecule has 0 aliphatic rings. The van der Waals surface area contributed by atoms with Crippen molar-refractivity contribution < 1.29 is 23.2 Å². The molecule has 3 N–H and O–H groups in total. The lowest BCUT2D eigenvalue weighted by Gasteiger charge is -2.29. The molecular formula is C23H26N4O5S. The summed E-state index contributed by atoms with van der Waals surface area (Å²) in [6.07, 6.45) is 3.88. The number of anilines is 1. The van der Waals surface area contributed by atoms with Crippen molar-refractivity contribution in [2.45, 2.75) is 31.7 Å². The van der Waals surface area contributed by atoms with Crippen molar-refractivity contribution in [1.82, 2.24) is 15.3 Å². The van der Waals surface area contributed by atoms with Gasteiger partial charge in [0.25, 0.3) is 15.9 Å². The first-order valence-electron chi connectivity index (χ1n) is 10.2. The number of pyridine rings is 1. The highest BCUT2D eigenvalue weighted by molar-refractivity contribution is 7.89. The Balaban J connectivity index is 2.11. The fraction of sp³-hybridized carbons (Fsp3) is 0.217. The molecule has 0 aliphatic heterocycles. The molecular weight excluding hydrogens is 444 g/mol. The van der Waals surface area contributed by atoms with Crippen molar-refractivity contribution in [1.29, 1.82) is 0 Å². The van der Waals surface area contributed by atoms with Gasteiger partial charge in [-0.15, -0.1) is 4.83 Å². The molecule has 0 fully saturated rings. The van der Waals surface area contributed by atoms with E-state index in [0.29, 0.717) is 29.0 Å².